The Morgan fingerprint density at radius 3 is 2.84 bits per heavy atom. The number of halogens is 1. The molecule has 0 radical (unpaired) electrons. The van der Waals surface area contributed by atoms with Gasteiger partial charge in [0.2, 0.25) is 0 Å². The van der Waals surface area contributed by atoms with Crippen LogP contribution in [0.25, 0.3) is 0 Å². The third kappa shape index (κ3) is 3.13. The second-order valence-electron chi connectivity index (χ2n) is 5.07. The second-order valence-corrected chi connectivity index (χ2v) is 5.48. The van der Waals surface area contributed by atoms with E-state index >= 15 is 0 Å². The van der Waals surface area contributed by atoms with Gasteiger partial charge in [-0.25, -0.2) is 0 Å². The fourth-order valence-electron chi connectivity index (χ4n) is 2.15. The lowest BCUT2D eigenvalue weighted by molar-refractivity contribution is -0.118. The van der Waals surface area contributed by atoms with Gasteiger partial charge in [0.15, 0.2) is 6.61 Å². The topological polar surface area (TPSA) is 50.4 Å². The Bertz CT molecular complexity index is 489. The van der Waals surface area contributed by atoms with Crippen molar-refractivity contribution in [1.82, 2.24) is 0 Å². The molecular weight excluding hydrogens is 264 g/mol. The molecule has 1 amide bonds. The summed E-state index contributed by atoms with van der Waals surface area (Å²) in [5, 5.41) is 6.76. The van der Waals surface area contributed by atoms with Gasteiger partial charge in [0.05, 0.1) is 16.4 Å². The van der Waals surface area contributed by atoms with E-state index in [0.29, 0.717) is 28.4 Å². The lowest BCUT2D eigenvalue weighted by atomic mass is 10.0. The van der Waals surface area contributed by atoms with Crippen LogP contribution < -0.4 is 15.4 Å². The van der Waals surface area contributed by atoms with Crippen LogP contribution in [0.15, 0.2) is 12.1 Å². The number of hydrogen-bond donors (Lipinski definition) is 2. The molecule has 0 spiro atoms. The molecule has 104 valence electrons. The fourth-order valence-corrected chi connectivity index (χ4v) is 2.37. The van der Waals surface area contributed by atoms with E-state index in [1.165, 1.54) is 0 Å². The summed E-state index contributed by atoms with van der Waals surface area (Å²) in [5.41, 5.74) is 1.47. The smallest absolute Gasteiger partial charge is 0.262 e. The van der Waals surface area contributed by atoms with E-state index in [-0.39, 0.29) is 12.5 Å². The largest absolute Gasteiger partial charge is 0.482 e. The number of nitrogens with one attached hydrogen (secondary N) is 2. The van der Waals surface area contributed by atoms with Gasteiger partial charge in [-0.2, -0.15) is 0 Å². The number of rotatable bonds is 4. The summed E-state index contributed by atoms with van der Waals surface area (Å²) in [6, 6.07) is 3.93. The van der Waals surface area contributed by atoms with E-state index < -0.39 is 0 Å². The van der Waals surface area contributed by atoms with Gasteiger partial charge in [-0.15, -0.1) is 0 Å². The van der Waals surface area contributed by atoms with E-state index in [1.807, 2.05) is 6.07 Å². The molecule has 0 saturated carbocycles. The molecule has 0 aromatic heterocycles. The zero-order valence-corrected chi connectivity index (χ0v) is 12.2. The molecule has 1 unspecified atom stereocenters. The molecular formula is C14H19ClN2O2. The van der Waals surface area contributed by atoms with Crippen molar-refractivity contribution in [3.05, 3.63) is 17.2 Å². The van der Waals surface area contributed by atoms with Crippen LogP contribution in [0.2, 0.25) is 5.02 Å². The first-order valence-electron chi connectivity index (χ1n) is 6.54. The van der Waals surface area contributed by atoms with Crippen LogP contribution in [-0.4, -0.2) is 18.6 Å². The minimum Gasteiger partial charge on any atom is -0.482 e. The minimum absolute atomic E-state index is 0.0511. The van der Waals surface area contributed by atoms with Crippen molar-refractivity contribution >= 4 is 28.9 Å². The predicted octanol–water partition coefficient (Wildman–Crippen LogP) is 3.52. The van der Waals surface area contributed by atoms with Crippen LogP contribution >= 0.6 is 11.6 Å². The molecule has 5 heteroatoms. The molecule has 4 nitrogen and oxygen atoms in total. The highest BCUT2D eigenvalue weighted by molar-refractivity contribution is 6.33. The average molecular weight is 283 g/mol. The summed E-state index contributed by atoms with van der Waals surface area (Å²) < 4.78 is 5.40. The maximum absolute atomic E-state index is 11.2. The van der Waals surface area contributed by atoms with Gasteiger partial charge in [0, 0.05) is 12.1 Å². The Morgan fingerprint density at radius 2 is 2.21 bits per heavy atom. The number of anilines is 2. The molecule has 0 saturated heterocycles. The zero-order valence-electron chi connectivity index (χ0n) is 11.4. The minimum atomic E-state index is -0.155. The standard InChI is InChI=1S/C14H19ClN2O2/c1-4-10(8(2)3)16-11-6-13-12(5-9(11)15)17-14(18)7-19-13/h5-6,8,10,16H,4,7H2,1-3H3,(H,17,18). The van der Waals surface area contributed by atoms with Crippen LogP contribution in [0.1, 0.15) is 27.2 Å². The van der Waals surface area contributed by atoms with E-state index in [0.717, 1.165) is 12.1 Å². The molecule has 19 heavy (non-hydrogen) atoms. The summed E-state index contributed by atoms with van der Waals surface area (Å²) in [4.78, 5) is 11.2. The Hall–Kier alpha value is -1.42. The molecule has 0 fully saturated rings. The molecule has 1 aromatic rings. The first-order chi connectivity index (χ1) is 9.01. The van der Waals surface area contributed by atoms with Crippen LogP contribution in [0.3, 0.4) is 0 Å². The lowest BCUT2D eigenvalue weighted by Crippen LogP contribution is -2.27. The fraction of sp³-hybridized carbons (Fsp3) is 0.500. The highest BCUT2D eigenvalue weighted by Crippen LogP contribution is 2.37. The molecule has 1 aliphatic heterocycles. The number of ether oxygens (including phenoxy) is 1. The van der Waals surface area contributed by atoms with Crippen LogP contribution in [-0.2, 0) is 4.79 Å². The van der Waals surface area contributed by atoms with Gasteiger partial charge in [0.1, 0.15) is 5.75 Å². The normalized spacial score (nSPS) is 15.5. The Balaban J connectivity index is 2.25. The molecule has 0 bridgehead atoms. The lowest BCUT2D eigenvalue weighted by Gasteiger charge is -2.25. The third-order valence-electron chi connectivity index (χ3n) is 3.29. The van der Waals surface area contributed by atoms with Gasteiger partial charge in [-0.05, 0) is 18.4 Å². The van der Waals surface area contributed by atoms with Crippen molar-refractivity contribution in [2.75, 3.05) is 17.2 Å². The molecule has 2 rings (SSSR count). The highest BCUT2D eigenvalue weighted by atomic mass is 35.5. The Kier molecular flexibility index (Phi) is 4.20. The maximum Gasteiger partial charge on any atom is 0.262 e. The first-order valence-corrected chi connectivity index (χ1v) is 6.91. The molecule has 1 heterocycles. The number of carbonyl (C=O) groups excluding carboxylic acids is 1. The number of hydrogen-bond acceptors (Lipinski definition) is 3. The summed E-state index contributed by atoms with van der Waals surface area (Å²) in [6.07, 6.45) is 1.02. The molecule has 1 atom stereocenters. The quantitative estimate of drug-likeness (QED) is 0.888. The van der Waals surface area contributed by atoms with Crippen molar-refractivity contribution in [2.24, 2.45) is 5.92 Å². The SMILES string of the molecule is CCC(Nc1cc2c(cc1Cl)NC(=O)CO2)C(C)C. The molecule has 1 aromatic carbocycles. The van der Waals surface area contributed by atoms with Gasteiger partial charge in [-0.3, -0.25) is 4.79 Å². The van der Waals surface area contributed by atoms with E-state index in [4.69, 9.17) is 16.3 Å². The van der Waals surface area contributed by atoms with Crippen LogP contribution in [0, 0.1) is 5.92 Å². The van der Waals surface area contributed by atoms with Crippen molar-refractivity contribution in [3.63, 3.8) is 0 Å². The summed E-state index contributed by atoms with van der Waals surface area (Å²) in [7, 11) is 0. The van der Waals surface area contributed by atoms with Crippen molar-refractivity contribution in [2.45, 2.75) is 33.2 Å². The zero-order chi connectivity index (χ0) is 14.0. The molecule has 0 aliphatic carbocycles. The third-order valence-corrected chi connectivity index (χ3v) is 3.60. The average Bonchev–Trinajstić information content (AvgIpc) is 2.35. The van der Waals surface area contributed by atoms with E-state index in [1.54, 1.807) is 6.07 Å². The first kappa shape index (κ1) is 14.0. The summed E-state index contributed by atoms with van der Waals surface area (Å²) in [5.74, 6) is 1.01. The van der Waals surface area contributed by atoms with Gasteiger partial charge in [0.25, 0.3) is 5.91 Å². The van der Waals surface area contributed by atoms with Crippen molar-refractivity contribution < 1.29 is 9.53 Å². The number of amides is 1. The number of fused-ring (bicyclic) bond motifs is 1. The predicted molar refractivity (Wildman–Crippen MR) is 78.1 cm³/mol. The maximum atomic E-state index is 11.2. The monoisotopic (exact) mass is 282 g/mol. The Labute approximate surface area is 118 Å². The van der Waals surface area contributed by atoms with Crippen molar-refractivity contribution in [3.8, 4) is 5.75 Å². The summed E-state index contributed by atoms with van der Waals surface area (Å²) in [6.45, 7) is 6.53. The number of benzene rings is 1. The summed E-state index contributed by atoms with van der Waals surface area (Å²) >= 11 is 6.25. The van der Waals surface area contributed by atoms with Gasteiger partial charge in [-0.1, -0.05) is 32.4 Å². The van der Waals surface area contributed by atoms with Crippen LogP contribution in [0.5, 0.6) is 5.75 Å². The Morgan fingerprint density at radius 1 is 1.47 bits per heavy atom. The van der Waals surface area contributed by atoms with Crippen molar-refractivity contribution in [1.29, 1.82) is 0 Å². The van der Waals surface area contributed by atoms with E-state index in [9.17, 15) is 4.79 Å². The van der Waals surface area contributed by atoms with Gasteiger partial charge >= 0.3 is 0 Å². The highest BCUT2D eigenvalue weighted by Gasteiger charge is 2.19. The van der Waals surface area contributed by atoms with Gasteiger partial charge < -0.3 is 15.4 Å². The molecule has 1 aliphatic rings. The second kappa shape index (κ2) is 5.70. The van der Waals surface area contributed by atoms with E-state index in [2.05, 4.69) is 31.4 Å². The molecule has 2 N–H and O–H groups in total. The number of carbonyl (C=O) groups is 1. The van der Waals surface area contributed by atoms with Crippen LogP contribution in [0.4, 0.5) is 11.4 Å².